The Hall–Kier alpha value is -1.84. The van der Waals surface area contributed by atoms with E-state index in [0.717, 1.165) is 0 Å². The van der Waals surface area contributed by atoms with Crippen LogP contribution in [-0.4, -0.2) is 19.0 Å². The maximum atomic E-state index is 11.7. The second kappa shape index (κ2) is 6.79. The Balaban J connectivity index is 2.87. The standard InChI is InChI=1S/C14H18O4/c1-4-10(2)13(15)18-12(14(16)17-3)11-8-6-5-7-9-11/h5-10,12H,4H2,1-3H3/t10-,12-/m1/s1. The molecule has 4 heteroatoms. The third kappa shape index (κ3) is 3.58. The largest absolute Gasteiger partial charge is 0.466 e. The van der Waals surface area contributed by atoms with Gasteiger partial charge in [-0.3, -0.25) is 4.79 Å². The Bertz CT molecular complexity index is 400. The van der Waals surface area contributed by atoms with Gasteiger partial charge in [0.2, 0.25) is 6.10 Å². The molecule has 0 fully saturated rings. The van der Waals surface area contributed by atoms with Gasteiger partial charge >= 0.3 is 11.9 Å². The number of rotatable bonds is 5. The minimum atomic E-state index is -0.988. The van der Waals surface area contributed by atoms with Crippen LogP contribution < -0.4 is 0 Å². The normalized spacial score (nSPS) is 13.5. The maximum absolute atomic E-state index is 11.7. The third-order valence-corrected chi connectivity index (χ3v) is 2.77. The number of carbonyl (C=O) groups is 2. The van der Waals surface area contributed by atoms with Crippen molar-refractivity contribution in [2.24, 2.45) is 5.92 Å². The summed E-state index contributed by atoms with van der Waals surface area (Å²) in [6.45, 7) is 3.66. The predicted octanol–water partition coefficient (Wildman–Crippen LogP) is 2.49. The van der Waals surface area contributed by atoms with Gasteiger partial charge in [0.25, 0.3) is 0 Å². The van der Waals surface area contributed by atoms with E-state index < -0.39 is 18.0 Å². The molecule has 0 aromatic heterocycles. The van der Waals surface area contributed by atoms with E-state index in [1.807, 2.05) is 13.0 Å². The zero-order valence-corrected chi connectivity index (χ0v) is 10.9. The topological polar surface area (TPSA) is 52.6 Å². The van der Waals surface area contributed by atoms with Gasteiger partial charge in [0.1, 0.15) is 0 Å². The molecule has 0 unspecified atom stereocenters. The van der Waals surface area contributed by atoms with Crippen LogP contribution in [0.5, 0.6) is 0 Å². The number of esters is 2. The Morgan fingerprint density at radius 1 is 1.17 bits per heavy atom. The first-order valence-corrected chi connectivity index (χ1v) is 5.93. The third-order valence-electron chi connectivity index (χ3n) is 2.77. The molecule has 0 amide bonds. The van der Waals surface area contributed by atoms with Crippen molar-refractivity contribution >= 4 is 11.9 Å². The molecule has 98 valence electrons. The van der Waals surface area contributed by atoms with Crippen molar-refractivity contribution in [3.05, 3.63) is 35.9 Å². The molecular formula is C14H18O4. The van der Waals surface area contributed by atoms with Crippen LogP contribution in [0.4, 0.5) is 0 Å². The van der Waals surface area contributed by atoms with E-state index in [0.29, 0.717) is 12.0 Å². The summed E-state index contributed by atoms with van der Waals surface area (Å²) in [5.74, 6) is -1.20. The summed E-state index contributed by atoms with van der Waals surface area (Å²) in [6.07, 6.45) is -0.320. The van der Waals surface area contributed by atoms with E-state index in [1.165, 1.54) is 7.11 Å². The molecule has 0 radical (unpaired) electrons. The van der Waals surface area contributed by atoms with Crippen molar-refractivity contribution in [1.82, 2.24) is 0 Å². The fourth-order valence-electron chi connectivity index (χ4n) is 1.39. The number of ether oxygens (including phenoxy) is 2. The average molecular weight is 250 g/mol. The van der Waals surface area contributed by atoms with Crippen LogP contribution in [0.25, 0.3) is 0 Å². The highest BCUT2D eigenvalue weighted by molar-refractivity contribution is 5.81. The maximum Gasteiger partial charge on any atom is 0.351 e. The number of hydrogen-bond donors (Lipinski definition) is 0. The van der Waals surface area contributed by atoms with Gasteiger partial charge < -0.3 is 9.47 Å². The molecule has 0 N–H and O–H groups in total. The van der Waals surface area contributed by atoms with Crippen LogP contribution in [0, 0.1) is 5.92 Å². The first-order chi connectivity index (χ1) is 8.60. The summed E-state index contributed by atoms with van der Waals surface area (Å²) < 4.78 is 9.89. The molecular weight excluding hydrogens is 232 g/mol. The first-order valence-electron chi connectivity index (χ1n) is 5.93. The van der Waals surface area contributed by atoms with Crippen LogP contribution >= 0.6 is 0 Å². The summed E-state index contributed by atoms with van der Waals surface area (Å²) in [5.41, 5.74) is 0.612. The fraction of sp³-hybridized carbons (Fsp3) is 0.429. The molecule has 0 bridgehead atoms. The van der Waals surface area contributed by atoms with Crippen molar-refractivity contribution < 1.29 is 19.1 Å². The number of benzene rings is 1. The van der Waals surface area contributed by atoms with Gasteiger partial charge in [-0.1, -0.05) is 44.2 Å². The molecule has 0 saturated carbocycles. The van der Waals surface area contributed by atoms with Crippen LogP contribution in [0.1, 0.15) is 31.9 Å². The highest BCUT2D eigenvalue weighted by atomic mass is 16.6. The lowest BCUT2D eigenvalue weighted by atomic mass is 10.1. The summed E-state index contributed by atoms with van der Waals surface area (Å²) in [7, 11) is 1.27. The molecule has 2 atom stereocenters. The molecule has 0 heterocycles. The van der Waals surface area contributed by atoms with Gasteiger partial charge in [-0.05, 0) is 6.42 Å². The van der Waals surface area contributed by atoms with Gasteiger partial charge in [0, 0.05) is 5.56 Å². The molecule has 1 rings (SSSR count). The molecule has 0 aliphatic heterocycles. The Morgan fingerprint density at radius 2 is 1.78 bits per heavy atom. The molecule has 1 aromatic rings. The highest BCUT2D eigenvalue weighted by Gasteiger charge is 2.27. The van der Waals surface area contributed by atoms with Gasteiger partial charge in [0.05, 0.1) is 13.0 Å². The predicted molar refractivity (Wildman–Crippen MR) is 66.7 cm³/mol. The molecule has 0 spiro atoms. The Morgan fingerprint density at radius 3 is 2.28 bits per heavy atom. The lowest BCUT2D eigenvalue weighted by Crippen LogP contribution is -2.24. The monoisotopic (exact) mass is 250 g/mol. The summed E-state index contributed by atoms with van der Waals surface area (Å²) in [6, 6.07) is 8.84. The van der Waals surface area contributed by atoms with Gasteiger partial charge in [-0.15, -0.1) is 0 Å². The van der Waals surface area contributed by atoms with Crippen molar-refractivity contribution in [3.63, 3.8) is 0 Å². The molecule has 0 aliphatic rings. The van der Waals surface area contributed by atoms with E-state index >= 15 is 0 Å². The molecule has 18 heavy (non-hydrogen) atoms. The van der Waals surface area contributed by atoms with Crippen molar-refractivity contribution in [1.29, 1.82) is 0 Å². The van der Waals surface area contributed by atoms with Crippen molar-refractivity contribution in [3.8, 4) is 0 Å². The Labute approximate surface area is 107 Å². The summed E-state index contributed by atoms with van der Waals surface area (Å²) >= 11 is 0. The van der Waals surface area contributed by atoms with Crippen molar-refractivity contribution in [2.45, 2.75) is 26.4 Å². The fourth-order valence-corrected chi connectivity index (χ4v) is 1.39. The van der Waals surface area contributed by atoms with Gasteiger partial charge in [-0.25, -0.2) is 4.79 Å². The quantitative estimate of drug-likeness (QED) is 0.753. The van der Waals surface area contributed by atoms with E-state index in [4.69, 9.17) is 4.74 Å². The summed E-state index contributed by atoms with van der Waals surface area (Å²) in [4.78, 5) is 23.4. The zero-order chi connectivity index (χ0) is 13.5. The lowest BCUT2D eigenvalue weighted by Gasteiger charge is -2.18. The van der Waals surface area contributed by atoms with Crippen LogP contribution in [0.15, 0.2) is 30.3 Å². The zero-order valence-electron chi connectivity index (χ0n) is 10.9. The second-order valence-electron chi connectivity index (χ2n) is 4.06. The van der Waals surface area contributed by atoms with Crippen LogP contribution in [0.3, 0.4) is 0 Å². The lowest BCUT2D eigenvalue weighted by molar-refractivity contribution is -0.169. The smallest absolute Gasteiger partial charge is 0.351 e. The minimum absolute atomic E-state index is 0.235. The molecule has 0 aliphatic carbocycles. The Kier molecular flexibility index (Phi) is 5.36. The highest BCUT2D eigenvalue weighted by Crippen LogP contribution is 2.21. The number of carbonyl (C=O) groups excluding carboxylic acids is 2. The SMILES string of the molecule is CC[C@@H](C)C(=O)O[C@@H](C(=O)OC)c1ccccc1. The molecule has 1 aromatic carbocycles. The first kappa shape index (κ1) is 14.2. The van der Waals surface area contributed by atoms with E-state index in [9.17, 15) is 9.59 Å². The van der Waals surface area contributed by atoms with E-state index in [2.05, 4.69) is 4.74 Å². The second-order valence-corrected chi connectivity index (χ2v) is 4.06. The summed E-state index contributed by atoms with van der Waals surface area (Å²) in [5, 5.41) is 0. The molecule has 4 nitrogen and oxygen atoms in total. The minimum Gasteiger partial charge on any atom is -0.466 e. The van der Waals surface area contributed by atoms with Crippen molar-refractivity contribution in [2.75, 3.05) is 7.11 Å². The van der Waals surface area contributed by atoms with Crippen LogP contribution in [-0.2, 0) is 19.1 Å². The average Bonchev–Trinajstić information content (AvgIpc) is 2.43. The van der Waals surface area contributed by atoms with Crippen LogP contribution in [0.2, 0.25) is 0 Å². The van der Waals surface area contributed by atoms with E-state index in [-0.39, 0.29) is 5.92 Å². The van der Waals surface area contributed by atoms with E-state index in [1.54, 1.807) is 31.2 Å². The number of methoxy groups -OCH3 is 1. The van der Waals surface area contributed by atoms with Gasteiger partial charge in [-0.2, -0.15) is 0 Å². The molecule has 0 saturated heterocycles. The number of hydrogen-bond acceptors (Lipinski definition) is 4. The van der Waals surface area contributed by atoms with Gasteiger partial charge in [0.15, 0.2) is 0 Å².